The van der Waals surface area contributed by atoms with Gasteiger partial charge in [-0.15, -0.1) is 0 Å². The molecule has 1 unspecified atom stereocenters. The molecule has 0 aromatic rings. The molecule has 2 fully saturated rings. The summed E-state index contributed by atoms with van der Waals surface area (Å²) in [5.74, 6) is -0.581. The van der Waals surface area contributed by atoms with Crippen molar-refractivity contribution in [2.75, 3.05) is 6.54 Å². The van der Waals surface area contributed by atoms with Gasteiger partial charge in [0.05, 0.1) is 0 Å². The Labute approximate surface area is 104 Å². The summed E-state index contributed by atoms with van der Waals surface area (Å²) in [5, 5.41) is 9.65. The highest BCUT2D eigenvalue weighted by Gasteiger charge is 2.49. The van der Waals surface area contributed by atoms with E-state index in [0.29, 0.717) is 6.04 Å². The highest BCUT2D eigenvalue weighted by Crippen LogP contribution is 2.39. The number of rotatable bonds is 4. The monoisotopic (exact) mass is 239 g/mol. The summed E-state index contributed by atoms with van der Waals surface area (Å²) in [6.45, 7) is 3.10. The molecular formula is C14H25NO2. The molecule has 2 rings (SSSR count). The lowest BCUT2D eigenvalue weighted by Crippen LogP contribution is -2.55. The van der Waals surface area contributed by atoms with Gasteiger partial charge in [-0.1, -0.05) is 32.6 Å². The standard InChI is InChI=1S/C14H25NO2/c1-2-9-14(13(16)17)10-6-11-15(14)12-7-4-3-5-8-12/h12H,2-11H2,1H3,(H,16,17). The molecule has 1 N–H and O–H groups in total. The van der Waals surface area contributed by atoms with Crippen LogP contribution in [-0.2, 0) is 4.79 Å². The zero-order valence-electron chi connectivity index (χ0n) is 11.0. The van der Waals surface area contributed by atoms with Crippen molar-refractivity contribution in [1.82, 2.24) is 4.90 Å². The minimum Gasteiger partial charge on any atom is -0.480 e. The lowest BCUT2D eigenvalue weighted by Gasteiger charge is -2.41. The molecule has 1 aliphatic carbocycles. The molecule has 0 bridgehead atoms. The maximum absolute atomic E-state index is 11.7. The third kappa shape index (κ3) is 2.35. The van der Waals surface area contributed by atoms with Gasteiger partial charge in [-0.3, -0.25) is 9.69 Å². The number of carbonyl (C=O) groups is 1. The molecular weight excluding hydrogens is 214 g/mol. The van der Waals surface area contributed by atoms with Gasteiger partial charge in [-0.25, -0.2) is 0 Å². The van der Waals surface area contributed by atoms with Crippen LogP contribution in [0.4, 0.5) is 0 Å². The Balaban J connectivity index is 2.15. The van der Waals surface area contributed by atoms with Gasteiger partial charge in [0, 0.05) is 6.04 Å². The molecule has 0 spiro atoms. The van der Waals surface area contributed by atoms with Crippen LogP contribution in [0.25, 0.3) is 0 Å². The van der Waals surface area contributed by atoms with E-state index in [2.05, 4.69) is 11.8 Å². The summed E-state index contributed by atoms with van der Waals surface area (Å²) in [7, 11) is 0. The molecule has 3 nitrogen and oxygen atoms in total. The van der Waals surface area contributed by atoms with Crippen molar-refractivity contribution >= 4 is 5.97 Å². The van der Waals surface area contributed by atoms with Gasteiger partial charge in [0.15, 0.2) is 0 Å². The zero-order chi connectivity index (χ0) is 12.3. The third-order valence-electron chi connectivity index (χ3n) is 4.62. The molecule has 1 atom stereocenters. The summed E-state index contributed by atoms with van der Waals surface area (Å²) in [6.07, 6.45) is 10.0. The Morgan fingerprint density at radius 2 is 2.00 bits per heavy atom. The van der Waals surface area contributed by atoms with E-state index in [0.717, 1.165) is 32.2 Å². The molecule has 0 radical (unpaired) electrons. The molecule has 17 heavy (non-hydrogen) atoms. The molecule has 3 heteroatoms. The third-order valence-corrected chi connectivity index (χ3v) is 4.62. The van der Waals surface area contributed by atoms with Gasteiger partial charge in [-0.05, 0) is 38.6 Å². The van der Waals surface area contributed by atoms with Crippen molar-refractivity contribution in [3.8, 4) is 0 Å². The van der Waals surface area contributed by atoms with Gasteiger partial charge < -0.3 is 5.11 Å². The van der Waals surface area contributed by atoms with Gasteiger partial charge in [0.25, 0.3) is 0 Å². The van der Waals surface area contributed by atoms with E-state index in [9.17, 15) is 9.90 Å². The first-order valence-corrected chi connectivity index (χ1v) is 7.21. The van der Waals surface area contributed by atoms with Crippen molar-refractivity contribution in [3.63, 3.8) is 0 Å². The number of nitrogens with zero attached hydrogens (tertiary/aromatic N) is 1. The maximum atomic E-state index is 11.7. The quantitative estimate of drug-likeness (QED) is 0.819. The molecule has 0 aromatic carbocycles. The SMILES string of the molecule is CCCC1(C(=O)O)CCCN1C1CCCCC1. The molecule has 98 valence electrons. The smallest absolute Gasteiger partial charge is 0.324 e. The first-order valence-electron chi connectivity index (χ1n) is 7.21. The normalized spacial score (nSPS) is 31.8. The second-order valence-electron chi connectivity index (χ2n) is 5.68. The van der Waals surface area contributed by atoms with E-state index in [4.69, 9.17) is 0 Å². The molecule has 1 saturated carbocycles. The van der Waals surface area contributed by atoms with Gasteiger partial charge in [-0.2, -0.15) is 0 Å². The minimum atomic E-state index is -0.581. The molecule has 1 heterocycles. The molecule has 2 aliphatic rings. The first kappa shape index (κ1) is 12.9. The lowest BCUT2D eigenvalue weighted by atomic mass is 9.86. The molecule has 0 aromatic heterocycles. The molecule has 1 aliphatic heterocycles. The zero-order valence-corrected chi connectivity index (χ0v) is 11.0. The topological polar surface area (TPSA) is 40.5 Å². The largest absolute Gasteiger partial charge is 0.480 e. The van der Waals surface area contributed by atoms with Crippen LogP contribution < -0.4 is 0 Å². The van der Waals surface area contributed by atoms with Crippen molar-refractivity contribution in [1.29, 1.82) is 0 Å². The van der Waals surface area contributed by atoms with E-state index in [1.807, 2.05) is 0 Å². The Hall–Kier alpha value is -0.570. The molecule has 0 amide bonds. The van der Waals surface area contributed by atoms with E-state index in [-0.39, 0.29) is 0 Å². The number of likely N-dealkylation sites (tertiary alicyclic amines) is 1. The fourth-order valence-electron chi connectivity index (χ4n) is 3.84. The van der Waals surface area contributed by atoms with E-state index < -0.39 is 11.5 Å². The minimum absolute atomic E-state index is 0.531. The number of aliphatic carboxylic acids is 1. The van der Waals surface area contributed by atoms with Crippen LogP contribution in [0.3, 0.4) is 0 Å². The number of hydrogen-bond donors (Lipinski definition) is 1. The Bertz CT molecular complexity index is 273. The van der Waals surface area contributed by atoms with Crippen LogP contribution in [-0.4, -0.2) is 34.1 Å². The summed E-state index contributed by atoms with van der Waals surface area (Å²) in [4.78, 5) is 14.1. The summed E-state index contributed by atoms with van der Waals surface area (Å²) in [5.41, 5.74) is -0.531. The Morgan fingerprint density at radius 1 is 1.29 bits per heavy atom. The van der Waals surface area contributed by atoms with Crippen LogP contribution in [0.2, 0.25) is 0 Å². The fraction of sp³-hybridized carbons (Fsp3) is 0.929. The van der Waals surface area contributed by atoms with Gasteiger partial charge in [0.1, 0.15) is 5.54 Å². The lowest BCUT2D eigenvalue weighted by molar-refractivity contribution is -0.152. The van der Waals surface area contributed by atoms with Crippen molar-refractivity contribution < 1.29 is 9.90 Å². The van der Waals surface area contributed by atoms with E-state index in [1.165, 1.54) is 32.1 Å². The summed E-state index contributed by atoms with van der Waals surface area (Å²) in [6, 6.07) is 0.536. The van der Waals surface area contributed by atoms with E-state index in [1.54, 1.807) is 0 Å². The van der Waals surface area contributed by atoms with Crippen molar-refractivity contribution in [2.24, 2.45) is 0 Å². The average Bonchev–Trinajstić information content (AvgIpc) is 2.76. The van der Waals surface area contributed by atoms with Crippen molar-refractivity contribution in [3.05, 3.63) is 0 Å². The van der Waals surface area contributed by atoms with Crippen LogP contribution in [0, 0.1) is 0 Å². The second kappa shape index (κ2) is 5.38. The number of carboxylic acid groups (broad SMARTS) is 1. The Kier molecular flexibility index (Phi) is 4.08. The predicted octanol–water partition coefficient (Wildman–Crippen LogP) is 3.04. The van der Waals surface area contributed by atoms with Crippen LogP contribution in [0.15, 0.2) is 0 Å². The Morgan fingerprint density at radius 3 is 2.59 bits per heavy atom. The first-order chi connectivity index (χ1) is 8.20. The highest BCUT2D eigenvalue weighted by molar-refractivity contribution is 5.79. The average molecular weight is 239 g/mol. The highest BCUT2D eigenvalue weighted by atomic mass is 16.4. The van der Waals surface area contributed by atoms with Crippen LogP contribution in [0.1, 0.15) is 64.7 Å². The van der Waals surface area contributed by atoms with Gasteiger partial charge in [0.2, 0.25) is 0 Å². The van der Waals surface area contributed by atoms with Crippen LogP contribution in [0.5, 0.6) is 0 Å². The fourth-order valence-corrected chi connectivity index (χ4v) is 3.84. The number of hydrogen-bond acceptors (Lipinski definition) is 2. The number of carboxylic acids is 1. The second-order valence-corrected chi connectivity index (χ2v) is 5.68. The van der Waals surface area contributed by atoms with Crippen LogP contribution >= 0.6 is 0 Å². The maximum Gasteiger partial charge on any atom is 0.324 e. The van der Waals surface area contributed by atoms with E-state index >= 15 is 0 Å². The molecule has 1 saturated heterocycles. The summed E-state index contributed by atoms with van der Waals surface area (Å²) < 4.78 is 0. The summed E-state index contributed by atoms with van der Waals surface area (Å²) >= 11 is 0. The van der Waals surface area contributed by atoms with Gasteiger partial charge >= 0.3 is 5.97 Å². The predicted molar refractivity (Wildman–Crippen MR) is 68.1 cm³/mol. The van der Waals surface area contributed by atoms with Crippen molar-refractivity contribution in [2.45, 2.75) is 76.3 Å².